The molecule has 2 unspecified atom stereocenters. The van der Waals surface area contributed by atoms with E-state index in [1.807, 2.05) is 0 Å². The molecule has 0 aliphatic heterocycles. The van der Waals surface area contributed by atoms with E-state index in [1.54, 1.807) is 11.3 Å². The minimum absolute atomic E-state index is 0.208. The van der Waals surface area contributed by atoms with Crippen LogP contribution < -0.4 is 5.32 Å². The van der Waals surface area contributed by atoms with Crippen LogP contribution in [0.4, 0.5) is 0 Å². The van der Waals surface area contributed by atoms with Crippen molar-refractivity contribution in [3.8, 4) is 0 Å². The fourth-order valence-corrected chi connectivity index (χ4v) is 2.49. The minimum atomic E-state index is 0.208. The third-order valence-electron chi connectivity index (χ3n) is 2.51. The van der Waals surface area contributed by atoms with Gasteiger partial charge in [0, 0.05) is 12.1 Å². The Morgan fingerprint density at radius 1 is 1.40 bits per heavy atom. The van der Waals surface area contributed by atoms with Gasteiger partial charge in [-0.25, -0.2) is 0 Å². The van der Waals surface area contributed by atoms with Crippen LogP contribution in [0.1, 0.15) is 38.8 Å². The van der Waals surface area contributed by atoms with Crippen LogP contribution in [0.5, 0.6) is 0 Å². The zero-order chi connectivity index (χ0) is 11.3. The number of aliphatic hydroxyl groups is 1. The summed E-state index contributed by atoms with van der Waals surface area (Å²) in [5.41, 5.74) is 1.31. The summed E-state index contributed by atoms with van der Waals surface area (Å²) in [6, 6.07) is 2.67. The smallest absolute Gasteiger partial charge is 0.0584 e. The van der Waals surface area contributed by atoms with E-state index in [9.17, 15) is 5.11 Å². The molecule has 1 heterocycles. The Kier molecular flexibility index (Phi) is 5.29. The molecule has 0 aliphatic carbocycles. The number of hydrogen-bond donors (Lipinski definition) is 2. The molecule has 0 aliphatic rings. The molecule has 15 heavy (non-hydrogen) atoms. The Morgan fingerprint density at radius 2 is 2.13 bits per heavy atom. The molecule has 2 atom stereocenters. The summed E-state index contributed by atoms with van der Waals surface area (Å²) in [5.74, 6) is 0.615. The zero-order valence-electron chi connectivity index (χ0n) is 9.73. The number of nitrogens with one attached hydrogen (secondary N) is 1. The van der Waals surface area contributed by atoms with Crippen molar-refractivity contribution in [2.45, 2.75) is 39.3 Å². The molecule has 0 fully saturated rings. The Morgan fingerprint density at radius 3 is 2.60 bits per heavy atom. The second-order valence-electron chi connectivity index (χ2n) is 4.45. The predicted molar refractivity (Wildman–Crippen MR) is 66.2 cm³/mol. The summed E-state index contributed by atoms with van der Waals surface area (Å²) in [5, 5.41) is 17.0. The van der Waals surface area contributed by atoms with Crippen LogP contribution in [0, 0.1) is 5.92 Å². The van der Waals surface area contributed by atoms with Gasteiger partial charge in [0.05, 0.1) is 6.61 Å². The lowest BCUT2D eigenvalue weighted by Gasteiger charge is -2.22. The third-order valence-corrected chi connectivity index (χ3v) is 3.21. The Bertz CT molecular complexity index is 259. The first kappa shape index (κ1) is 12.7. The number of rotatable bonds is 6. The van der Waals surface area contributed by atoms with E-state index in [1.165, 1.54) is 5.56 Å². The summed E-state index contributed by atoms with van der Waals surface area (Å²) < 4.78 is 0. The van der Waals surface area contributed by atoms with Crippen LogP contribution in [0.25, 0.3) is 0 Å². The lowest BCUT2D eigenvalue weighted by atomic mass is 10.0. The van der Waals surface area contributed by atoms with Gasteiger partial charge in [-0.2, -0.15) is 11.3 Å². The van der Waals surface area contributed by atoms with Gasteiger partial charge in [-0.05, 0) is 41.7 Å². The Labute approximate surface area is 96.3 Å². The molecule has 1 aromatic heterocycles. The number of aliphatic hydroxyl groups excluding tert-OH is 1. The molecule has 3 heteroatoms. The SMILES string of the molecule is CC(C)CC(CO)NC(C)c1ccsc1. The first-order valence-electron chi connectivity index (χ1n) is 5.52. The fourth-order valence-electron chi connectivity index (χ4n) is 1.74. The van der Waals surface area contributed by atoms with Crippen molar-refractivity contribution in [1.82, 2.24) is 5.32 Å². The molecule has 86 valence electrons. The average Bonchev–Trinajstić information content (AvgIpc) is 2.68. The van der Waals surface area contributed by atoms with Crippen LogP contribution in [-0.2, 0) is 0 Å². The summed E-state index contributed by atoms with van der Waals surface area (Å²) >= 11 is 1.71. The van der Waals surface area contributed by atoms with Crippen molar-refractivity contribution < 1.29 is 5.11 Å². The molecule has 1 rings (SSSR count). The molecule has 1 aromatic rings. The first-order chi connectivity index (χ1) is 7.13. The maximum atomic E-state index is 9.26. The molecule has 0 saturated heterocycles. The highest BCUT2D eigenvalue weighted by atomic mass is 32.1. The van der Waals surface area contributed by atoms with Gasteiger partial charge in [-0.1, -0.05) is 13.8 Å². The van der Waals surface area contributed by atoms with Crippen molar-refractivity contribution in [3.63, 3.8) is 0 Å². The van der Waals surface area contributed by atoms with E-state index >= 15 is 0 Å². The van der Waals surface area contributed by atoms with Crippen molar-refractivity contribution in [2.75, 3.05) is 6.61 Å². The predicted octanol–water partition coefficient (Wildman–Crippen LogP) is 2.81. The molecule has 2 nitrogen and oxygen atoms in total. The van der Waals surface area contributed by atoms with Gasteiger partial charge < -0.3 is 10.4 Å². The van der Waals surface area contributed by atoms with E-state index < -0.39 is 0 Å². The van der Waals surface area contributed by atoms with E-state index in [4.69, 9.17) is 0 Å². The zero-order valence-corrected chi connectivity index (χ0v) is 10.6. The van der Waals surface area contributed by atoms with Crippen molar-refractivity contribution in [2.24, 2.45) is 5.92 Å². The third kappa shape index (κ3) is 4.33. The molecular weight excluding hydrogens is 206 g/mol. The van der Waals surface area contributed by atoms with Gasteiger partial charge in [-0.3, -0.25) is 0 Å². The molecule has 2 N–H and O–H groups in total. The summed E-state index contributed by atoms with van der Waals surface area (Å²) in [4.78, 5) is 0. The largest absolute Gasteiger partial charge is 0.395 e. The van der Waals surface area contributed by atoms with E-state index in [2.05, 4.69) is 42.9 Å². The van der Waals surface area contributed by atoms with Crippen molar-refractivity contribution in [3.05, 3.63) is 22.4 Å². The summed E-state index contributed by atoms with van der Waals surface area (Å²) in [6.45, 7) is 6.72. The number of thiophene rings is 1. The molecule has 0 saturated carbocycles. The van der Waals surface area contributed by atoms with Gasteiger partial charge in [0.25, 0.3) is 0 Å². The first-order valence-corrected chi connectivity index (χ1v) is 6.46. The highest BCUT2D eigenvalue weighted by Crippen LogP contribution is 2.17. The van der Waals surface area contributed by atoms with Gasteiger partial charge in [0.15, 0.2) is 0 Å². The second kappa shape index (κ2) is 6.26. The molecule has 0 aromatic carbocycles. The number of hydrogen-bond acceptors (Lipinski definition) is 3. The monoisotopic (exact) mass is 227 g/mol. The Hall–Kier alpha value is -0.380. The van der Waals surface area contributed by atoms with Gasteiger partial charge in [0.1, 0.15) is 0 Å². The standard InChI is InChI=1S/C12H21NOS/c1-9(2)6-12(7-14)13-10(3)11-4-5-15-8-11/h4-5,8-10,12-14H,6-7H2,1-3H3. The maximum Gasteiger partial charge on any atom is 0.0584 e. The second-order valence-corrected chi connectivity index (χ2v) is 5.23. The maximum absolute atomic E-state index is 9.26. The Balaban J connectivity index is 2.44. The van der Waals surface area contributed by atoms with Crippen LogP contribution >= 0.6 is 11.3 Å². The molecule has 0 spiro atoms. The summed E-state index contributed by atoms with van der Waals surface area (Å²) in [7, 11) is 0. The minimum Gasteiger partial charge on any atom is -0.395 e. The molecule has 0 radical (unpaired) electrons. The van der Waals surface area contributed by atoms with E-state index in [-0.39, 0.29) is 12.6 Å². The molecule has 0 bridgehead atoms. The van der Waals surface area contributed by atoms with Crippen molar-refractivity contribution in [1.29, 1.82) is 0 Å². The summed E-state index contributed by atoms with van der Waals surface area (Å²) in [6.07, 6.45) is 1.02. The lowest BCUT2D eigenvalue weighted by Crippen LogP contribution is -2.35. The lowest BCUT2D eigenvalue weighted by molar-refractivity contribution is 0.215. The van der Waals surface area contributed by atoms with Gasteiger partial charge >= 0.3 is 0 Å². The van der Waals surface area contributed by atoms with Crippen LogP contribution in [0.3, 0.4) is 0 Å². The van der Waals surface area contributed by atoms with E-state index in [0.717, 1.165) is 6.42 Å². The van der Waals surface area contributed by atoms with Crippen molar-refractivity contribution >= 4 is 11.3 Å². The topological polar surface area (TPSA) is 32.3 Å². The van der Waals surface area contributed by atoms with Crippen LogP contribution in [0.2, 0.25) is 0 Å². The normalized spacial score (nSPS) is 15.5. The molecular formula is C12H21NOS. The molecule has 0 amide bonds. The van der Waals surface area contributed by atoms with Crippen LogP contribution in [-0.4, -0.2) is 17.8 Å². The highest BCUT2D eigenvalue weighted by Gasteiger charge is 2.13. The van der Waals surface area contributed by atoms with Gasteiger partial charge in [-0.15, -0.1) is 0 Å². The van der Waals surface area contributed by atoms with Gasteiger partial charge in [0.2, 0.25) is 0 Å². The average molecular weight is 227 g/mol. The fraction of sp³-hybridized carbons (Fsp3) is 0.667. The highest BCUT2D eigenvalue weighted by molar-refractivity contribution is 7.07. The van der Waals surface area contributed by atoms with Crippen LogP contribution in [0.15, 0.2) is 16.8 Å². The van der Waals surface area contributed by atoms with E-state index in [0.29, 0.717) is 12.0 Å². The quantitative estimate of drug-likeness (QED) is 0.783.